The first kappa shape index (κ1) is 24.2. The highest BCUT2D eigenvalue weighted by Crippen LogP contribution is 2.23. The van der Waals surface area contributed by atoms with Crippen LogP contribution >= 0.6 is 38.9 Å². The van der Waals surface area contributed by atoms with Gasteiger partial charge in [-0.15, -0.1) is 11.3 Å². The molecule has 34 heavy (non-hydrogen) atoms. The lowest BCUT2D eigenvalue weighted by Gasteiger charge is -2.08. The number of thiazole rings is 1. The van der Waals surface area contributed by atoms with E-state index in [0.29, 0.717) is 38.3 Å². The zero-order valence-electron chi connectivity index (χ0n) is 18.3. The van der Waals surface area contributed by atoms with Crippen molar-refractivity contribution in [1.29, 1.82) is 0 Å². The van der Waals surface area contributed by atoms with Gasteiger partial charge in [0.25, 0.3) is 11.5 Å². The summed E-state index contributed by atoms with van der Waals surface area (Å²) in [7, 11) is 0. The van der Waals surface area contributed by atoms with Gasteiger partial charge in [-0.25, -0.2) is 9.78 Å². The Morgan fingerprint density at radius 1 is 1.24 bits per heavy atom. The van der Waals surface area contributed by atoms with Gasteiger partial charge >= 0.3 is 5.69 Å². The van der Waals surface area contributed by atoms with Gasteiger partial charge in [0, 0.05) is 35.0 Å². The Balaban J connectivity index is 1.59. The highest BCUT2D eigenvalue weighted by atomic mass is 79.9. The molecule has 0 saturated heterocycles. The molecular formula is C23H20BrClN4O4S. The quantitative estimate of drug-likeness (QED) is 0.367. The summed E-state index contributed by atoms with van der Waals surface area (Å²) in [6.45, 7) is 4.37. The number of aromatic nitrogens is 3. The molecule has 0 aliphatic rings. The zero-order valence-corrected chi connectivity index (χ0v) is 21.5. The average Bonchev–Trinajstić information content (AvgIpc) is 3.28. The van der Waals surface area contributed by atoms with Crippen LogP contribution in [0, 0.1) is 6.92 Å². The molecule has 1 amide bonds. The fraction of sp³-hybridized carbons (Fsp3) is 0.217. The van der Waals surface area contributed by atoms with E-state index in [1.807, 2.05) is 13.0 Å². The first-order valence-corrected chi connectivity index (χ1v) is 12.3. The standard InChI is InChI=1S/C23H20BrClN4O4S/c1-3-33-19-7-5-15(9-26-19)10-27-20(30)18-12-29-22(34-18)13(2)21(31)28(23(29)32)11-14-4-6-16(24)17(25)8-14/h4-9,12H,3,10-11H2,1-2H3,(H,27,30). The van der Waals surface area contributed by atoms with Gasteiger partial charge in [0.15, 0.2) is 0 Å². The maximum Gasteiger partial charge on any atom is 0.336 e. The van der Waals surface area contributed by atoms with Gasteiger partial charge in [-0.1, -0.05) is 23.7 Å². The molecule has 0 unspecified atom stereocenters. The number of benzene rings is 1. The van der Waals surface area contributed by atoms with Crippen molar-refractivity contribution >= 4 is 49.6 Å². The molecule has 8 nitrogen and oxygen atoms in total. The second-order valence-electron chi connectivity index (χ2n) is 7.44. The van der Waals surface area contributed by atoms with Crippen LogP contribution < -0.4 is 21.3 Å². The summed E-state index contributed by atoms with van der Waals surface area (Å²) in [4.78, 5) is 43.7. The monoisotopic (exact) mass is 562 g/mol. The minimum Gasteiger partial charge on any atom is -0.478 e. The third-order valence-corrected chi connectivity index (χ3v) is 7.53. The second kappa shape index (κ2) is 10.1. The molecule has 1 N–H and O–H groups in total. The maximum absolute atomic E-state index is 13.1. The number of nitrogens with one attached hydrogen (secondary N) is 1. The molecule has 3 aromatic heterocycles. The van der Waals surface area contributed by atoms with Gasteiger partial charge in [-0.05, 0) is 53.0 Å². The fourth-order valence-electron chi connectivity index (χ4n) is 3.35. The van der Waals surface area contributed by atoms with Crippen LogP contribution in [-0.4, -0.2) is 26.5 Å². The van der Waals surface area contributed by atoms with Gasteiger partial charge in [-0.3, -0.25) is 18.6 Å². The number of carbonyl (C=O) groups is 1. The fourth-order valence-corrected chi connectivity index (χ4v) is 4.80. The topological polar surface area (TPSA) is 94.7 Å². The summed E-state index contributed by atoms with van der Waals surface area (Å²) in [5.41, 5.74) is 0.986. The van der Waals surface area contributed by atoms with Crippen molar-refractivity contribution in [2.75, 3.05) is 6.61 Å². The minimum absolute atomic E-state index is 0.0660. The van der Waals surface area contributed by atoms with E-state index >= 15 is 0 Å². The molecule has 11 heteroatoms. The van der Waals surface area contributed by atoms with Gasteiger partial charge < -0.3 is 10.1 Å². The maximum atomic E-state index is 13.1. The second-order valence-corrected chi connectivity index (χ2v) is 9.73. The van der Waals surface area contributed by atoms with Crippen molar-refractivity contribution in [3.05, 3.63) is 94.6 Å². The third-order valence-electron chi connectivity index (χ3n) is 5.09. The van der Waals surface area contributed by atoms with Crippen LogP contribution in [0.1, 0.15) is 33.3 Å². The molecule has 1 aromatic carbocycles. The van der Waals surface area contributed by atoms with Crippen LogP contribution in [0.5, 0.6) is 5.88 Å². The first-order valence-electron chi connectivity index (χ1n) is 10.3. The summed E-state index contributed by atoms with van der Waals surface area (Å²) in [6, 6.07) is 8.80. The summed E-state index contributed by atoms with van der Waals surface area (Å²) >= 11 is 10.6. The predicted octanol–water partition coefficient (Wildman–Crippen LogP) is 4.02. The number of pyridine rings is 1. The molecule has 4 rings (SSSR count). The van der Waals surface area contributed by atoms with E-state index in [9.17, 15) is 14.4 Å². The van der Waals surface area contributed by atoms with Crippen LogP contribution in [0.15, 0.2) is 56.8 Å². The molecule has 0 atom stereocenters. The number of aryl methyl sites for hydroxylation is 1. The highest BCUT2D eigenvalue weighted by Gasteiger charge is 2.18. The first-order chi connectivity index (χ1) is 16.3. The molecule has 0 fully saturated rings. The van der Waals surface area contributed by atoms with Crippen LogP contribution in [0.4, 0.5) is 0 Å². The molecule has 176 valence electrons. The molecular weight excluding hydrogens is 544 g/mol. The number of hydrogen-bond acceptors (Lipinski definition) is 6. The Morgan fingerprint density at radius 3 is 2.68 bits per heavy atom. The Morgan fingerprint density at radius 2 is 2.00 bits per heavy atom. The molecule has 4 aromatic rings. The van der Waals surface area contributed by atoms with Crippen molar-refractivity contribution in [3.63, 3.8) is 0 Å². The lowest BCUT2D eigenvalue weighted by Crippen LogP contribution is -2.38. The number of halogens is 2. The van der Waals surface area contributed by atoms with E-state index in [-0.39, 0.29) is 19.0 Å². The minimum atomic E-state index is -0.518. The van der Waals surface area contributed by atoms with Gasteiger partial charge in [-0.2, -0.15) is 0 Å². The van der Waals surface area contributed by atoms with Crippen molar-refractivity contribution in [3.8, 4) is 5.88 Å². The van der Waals surface area contributed by atoms with Crippen LogP contribution in [0.3, 0.4) is 0 Å². The summed E-state index contributed by atoms with van der Waals surface area (Å²) < 4.78 is 8.52. The smallest absolute Gasteiger partial charge is 0.336 e. The van der Waals surface area contributed by atoms with Crippen molar-refractivity contribution in [2.24, 2.45) is 0 Å². The number of amides is 1. The van der Waals surface area contributed by atoms with E-state index in [1.165, 1.54) is 10.6 Å². The molecule has 3 heterocycles. The van der Waals surface area contributed by atoms with Gasteiger partial charge in [0.1, 0.15) is 9.71 Å². The molecule has 0 radical (unpaired) electrons. The number of hydrogen-bond donors (Lipinski definition) is 1. The van der Waals surface area contributed by atoms with Crippen LogP contribution in [-0.2, 0) is 13.1 Å². The largest absolute Gasteiger partial charge is 0.478 e. The Hall–Kier alpha value is -2.95. The van der Waals surface area contributed by atoms with E-state index in [4.69, 9.17) is 16.3 Å². The lowest BCUT2D eigenvalue weighted by atomic mass is 10.2. The van der Waals surface area contributed by atoms with Crippen LogP contribution in [0.2, 0.25) is 5.02 Å². The van der Waals surface area contributed by atoms with E-state index in [1.54, 1.807) is 37.4 Å². The Bertz CT molecular complexity index is 1490. The Kier molecular flexibility index (Phi) is 7.20. The van der Waals surface area contributed by atoms with E-state index in [0.717, 1.165) is 25.9 Å². The summed E-state index contributed by atoms with van der Waals surface area (Å²) in [5.74, 6) is 0.170. The molecule has 0 saturated carbocycles. The number of nitrogens with zero attached hydrogens (tertiary/aromatic N) is 3. The SMILES string of the molecule is CCOc1ccc(CNC(=O)c2cn3c(=O)n(Cc4ccc(Br)c(Cl)c4)c(=O)c(C)c3s2)cn1. The average molecular weight is 564 g/mol. The van der Waals surface area contributed by atoms with Gasteiger partial charge in [0.05, 0.1) is 18.2 Å². The molecule has 0 aliphatic heterocycles. The number of ether oxygens (including phenoxy) is 1. The Labute approximate surface area is 211 Å². The normalized spacial score (nSPS) is 11.1. The third kappa shape index (κ3) is 4.94. The molecule has 0 spiro atoms. The molecule has 0 bridgehead atoms. The predicted molar refractivity (Wildman–Crippen MR) is 135 cm³/mol. The van der Waals surface area contributed by atoms with E-state index < -0.39 is 11.2 Å². The zero-order chi connectivity index (χ0) is 24.4. The molecule has 0 aliphatic carbocycles. The van der Waals surface area contributed by atoms with Crippen molar-refractivity contribution < 1.29 is 9.53 Å². The van der Waals surface area contributed by atoms with Gasteiger partial charge in [0.2, 0.25) is 5.88 Å². The van der Waals surface area contributed by atoms with E-state index in [2.05, 4.69) is 26.2 Å². The number of fused-ring (bicyclic) bond motifs is 1. The van der Waals surface area contributed by atoms with Crippen molar-refractivity contribution in [2.45, 2.75) is 26.9 Å². The lowest BCUT2D eigenvalue weighted by molar-refractivity contribution is 0.0954. The van der Waals surface area contributed by atoms with Crippen molar-refractivity contribution in [1.82, 2.24) is 19.3 Å². The number of rotatable bonds is 7. The van der Waals surface area contributed by atoms with Crippen LogP contribution in [0.25, 0.3) is 4.83 Å². The summed E-state index contributed by atoms with van der Waals surface area (Å²) in [6.07, 6.45) is 3.09. The number of carbonyl (C=O) groups excluding carboxylic acids is 1. The summed E-state index contributed by atoms with van der Waals surface area (Å²) in [5, 5.41) is 3.31. The highest BCUT2D eigenvalue weighted by molar-refractivity contribution is 9.10.